The molecule has 0 saturated heterocycles. The molecule has 0 spiro atoms. The van der Waals surface area contributed by atoms with Crippen LogP contribution in [0.25, 0.3) is 10.2 Å². The summed E-state index contributed by atoms with van der Waals surface area (Å²) in [7, 11) is 1.60. The Morgan fingerprint density at radius 3 is 2.84 bits per heavy atom. The van der Waals surface area contributed by atoms with Crippen molar-refractivity contribution in [2.24, 2.45) is 0 Å². The van der Waals surface area contributed by atoms with E-state index in [2.05, 4.69) is 10.3 Å². The summed E-state index contributed by atoms with van der Waals surface area (Å²) >= 11 is 8.79. The molecule has 0 aliphatic rings. The van der Waals surface area contributed by atoms with Gasteiger partial charge in [-0.2, -0.15) is 0 Å². The monoisotopic (exact) mass is 485 g/mol. The Balaban J connectivity index is 1.60. The summed E-state index contributed by atoms with van der Waals surface area (Å²) in [6.07, 6.45) is 0. The zero-order chi connectivity index (χ0) is 22.7. The minimum Gasteiger partial charge on any atom is -0.497 e. The standard InChI is InChI=1S/C23H20ClN3O3S2/c1-14-5-3-8-17(24)20(14)26-19(28)13-32-23-25-18-9-10-31-21(18)22(29)27(23)12-15-6-4-7-16(11-15)30-2/h3-11H,12-13H2,1-2H3,(H,26,28). The van der Waals surface area contributed by atoms with Gasteiger partial charge in [0.25, 0.3) is 5.56 Å². The van der Waals surface area contributed by atoms with Crippen LogP contribution in [0.1, 0.15) is 11.1 Å². The molecule has 164 valence electrons. The third kappa shape index (κ3) is 4.82. The van der Waals surface area contributed by atoms with Crippen LogP contribution >= 0.6 is 34.7 Å². The van der Waals surface area contributed by atoms with Crippen molar-refractivity contribution in [1.82, 2.24) is 9.55 Å². The first-order valence-corrected chi connectivity index (χ1v) is 12.0. The second-order valence-electron chi connectivity index (χ2n) is 7.04. The molecule has 0 unspecified atom stereocenters. The number of anilines is 1. The number of halogens is 1. The molecule has 2 aromatic carbocycles. The number of para-hydroxylation sites is 1. The van der Waals surface area contributed by atoms with Crippen LogP contribution in [-0.4, -0.2) is 28.3 Å². The Hall–Kier alpha value is -2.81. The smallest absolute Gasteiger partial charge is 0.272 e. The highest BCUT2D eigenvalue weighted by atomic mass is 35.5. The van der Waals surface area contributed by atoms with Gasteiger partial charge in [0.05, 0.1) is 35.6 Å². The Kier molecular flexibility index (Phi) is 6.83. The van der Waals surface area contributed by atoms with Crippen molar-refractivity contribution in [3.05, 3.63) is 80.4 Å². The van der Waals surface area contributed by atoms with Gasteiger partial charge in [-0.25, -0.2) is 4.98 Å². The van der Waals surface area contributed by atoms with E-state index in [9.17, 15) is 9.59 Å². The summed E-state index contributed by atoms with van der Waals surface area (Å²) < 4.78 is 7.49. The molecule has 1 amide bonds. The number of rotatable bonds is 7. The summed E-state index contributed by atoms with van der Waals surface area (Å²) in [6.45, 7) is 2.21. The molecule has 0 aliphatic heterocycles. The van der Waals surface area contributed by atoms with E-state index in [1.165, 1.54) is 23.1 Å². The lowest BCUT2D eigenvalue weighted by atomic mass is 10.2. The van der Waals surface area contributed by atoms with Gasteiger partial charge < -0.3 is 10.1 Å². The fraction of sp³-hybridized carbons (Fsp3) is 0.174. The highest BCUT2D eigenvalue weighted by Crippen LogP contribution is 2.26. The summed E-state index contributed by atoms with van der Waals surface area (Å²) in [6, 6.07) is 14.8. The number of aryl methyl sites for hydroxylation is 1. The highest BCUT2D eigenvalue weighted by molar-refractivity contribution is 7.99. The number of benzene rings is 2. The number of aromatic nitrogens is 2. The second-order valence-corrected chi connectivity index (χ2v) is 9.31. The zero-order valence-electron chi connectivity index (χ0n) is 17.4. The molecule has 6 nitrogen and oxygen atoms in total. The van der Waals surface area contributed by atoms with Crippen molar-refractivity contribution >= 4 is 56.5 Å². The first-order valence-electron chi connectivity index (χ1n) is 9.75. The first kappa shape index (κ1) is 22.4. The molecule has 0 bridgehead atoms. The lowest BCUT2D eigenvalue weighted by Crippen LogP contribution is -2.24. The van der Waals surface area contributed by atoms with Gasteiger partial charge in [-0.3, -0.25) is 14.2 Å². The number of thiophene rings is 1. The predicted molar refractivity (Wildman–Crippen MR) is 132 cm³/mol. The van der Waals surface area contributed by atoms with Crippen molar-refractivity contribution in [2.45, 2.75) is 18.6 Å². The molecule has 4 rings (SSSR count). The van der Waals surface area contributed by atoms with Crippen LogP contribution in [0, 0.1) is 6.92 Å². The number of thioether (sulfide) groups is 1. The second kappa shape index (κ2) is 9.77. The van der Waals surface area contributed by atoms with Gasteiger partial charge in [0.2, 0.25) is 5.91 Å². The van der Waals surface area contributed by atoms with Crippen LogP contribution < -0.4 is 15.6 Å². The minimum atomic E-state index is -0.223. The Labute approximate surface area is 198 Å². The average molecular weight is 486 g/mol. The number of carbonyl (C=O) groups excluding carboxylic acids is 1. The number of ether oxygens (including phenoxy) is 1. The summed E-state index contributed by atoms with van der Waals surface area (Å²) in [5.41, 5.74) is 2.88. The summed E-state index contributed by atoms with van der Waals surface area (Å²) in [5, 5.41) is 5.67. The molecule has 0 saturated carbocycles. The molecule has 1 N–H and O–H groups in total. The number of hydrogen-bond acceptors (Lipinski definition) is 6. The van der Waals surface area contributed by atoms with Crippen molar-refractivity contribution in [3.63, 3.8) is 0 Å². The van der Waals surface area contributed by atoms with Crippen LogP contribution in [0.15, 0.2) is 63.9 Å². The van der Waals surface area contributed by atoms with Crippen LogP contribution in [-0.2, 0) is 11.3 Å². The van der Waals surface area contributed by atoms with E-state index in [1.54, 1.807) is 17.7 Å². The Morgan fingerprint density at radius 1 is 1.25 bits per heavy atom. The van der Waals surface area contributed by atoms with Gasteiger partial charge in [0.1, 0.15) is 10.4 Å². The molecular formula is C23H20ClN3O3S2. The van der Waals surface area contributed by atoms with Crippen LogP contribution in [0.2, 0.25) is 5.02 Å². The maximum absolute atomic E-state index is 13.2. The quantitative estimate of drug-likeness (QED) is 0.287. The first-order chi connectivity index (χ1) is 15.5. The van der Waals surface area contributed by atoms with Gasteiger partial charge in [0, 0.05) is 0 Å². The van der Waals surface area contributed by atoms with Gasteiger partial charge >= 0.3 is 0 Å². The van der Waals surface area contributed by atoms with Crippen LogP contribution in [0.3, 0.4) is 0 Å². The van der Waals surface area contributed by atoms with Gasteiger partial charge in [-0.15, -0.1) is 11.3 Å². The van der Waals surface area contributed by atoms with E-state index in [4.69, 9.17) is 16.3 Å². The van der Waals surface area contributed by atoms with E-state index < -0.39 is 0 Å². The van der Waals surface area contributed by atoms with E-state index in [1.807, 2.05) is 54.8 Å². The molecular weight excluding hydrogens is 466 g/mol. The van der Waals surface area contributed by atoms with Gasteiger partial charge in [-0.1, -0.05) is 47.6 Å². The molecule has 0 atom stereocenters. The van der Waals surface area contributed by atoms with Crippen molar-refractivity contribution in [1.29, 1.82) is 0 Å². The fourth-order valence-corrected chi connectivity index (χ4v) is 5.07. The molecule has 2 heterocycles. The number of methoxy groups -OCH3 is 1. The number of carbonyl (C=O) groups is 1. The van der Waals surface area contributed by atoms with Gasteiger partial charge in [0.15, 0.2) is 5.16 Å². The molecule has 0 fully saturated rings. The lowest BCUT2D eigenvalue weighted by molar-refractivity contribution is -0.113. The zero-order valence-corrected chi connectivity index (χ0v) is 19.8. The third-order valence-electron chi connectivity index (χ3n) is 4.82. The third-order valence-corrected chi connectivity index (χ3v) is 7.01. The molecule has 32 heavy (non-hydrogen) atoms. The number of amides is 1. The maximum Gasteiger partial charge on any atom is 0.272 e. The largest absolute Gasteiger partial charge is 0.497 e. The van der Waals surface area contributed by atoms with Crippen LogP contribution in [0.4, 0.5) is 5.69 Å². The SMILES string of the molecule is COc1cccc(Cn2c(SCC(=O)Nc3c(C)cccc3Cl)nc3ccsc3c2=O)c1. The summed E-state index contributed by atoms with van der Waals surface area (Å²) in [5.74, 6) is 0.577. The van der Waals surface area contributed by atoms with Gasteiger partial charge in [-0.05, 0) is 47.7 Å². The average Bonchev–Trinajstić information content (AvgIpc) is 3.26. The highest BCUT2D eigenvalue weighted by Gasteiger charge is 2.16. The lowest BCUT2D eigenvalue weighted by Gasteiger charge is -2.13. The number of hydrogen-bond donors (Lipinski definition) is 1. The van der Waals surface area contributed by atoms with E-state index in [-0.39, 0.29) is 17.2 Å². The molecule has 0 radical (unpaired) electrons. The fourth-order valence-electron chi connectivity index (χ4n) is 3.22. The van der Waals surface area contributed by atoms with Crippen molar-refractivity contribution in [2.75, 3.05) is 18.2 Å². The van der Waals surface area contributed by atoms with Crippen molar-refractivity contribution in [3.8, 4) is 5.75 Å². The number of nitrogens with one attached hydrogen (secondary N) is 1. The number of nitrogens with zero attached hydrogens (tertiary/aromatic N) is 2. The van der Waals surface area contributed by atoms with Crippen LogP contribution in [0.5, 0.6) is 5.75 Å². The minimum absolute atomic E-state index is 0.0882. The number of fused-ring (bicyclic) bond motifs is 1. The molecule has 2 aromatic heterocycles. The van der Waals surface area contributed by atoms with E-state index >= 15 is 0 Å². The molecule has 4 aromatic rings. The predicted octanol–water partition coefficient (Wildman–Crippen LogP) is 5.21. The van der Waals surface area contributed by atoms with Crippen molar-refractivity contribution < 1.29 is 9.53 Å². The Morgan fingerprint density at radius 2 is 2.06 bits per heavy atom. The molecule has 0 aliphatic carbocycles. The maximum atomic E-state index is 13.2. The molecule has 9 heteroatoms. The van der Waals surface area contributed by atoms with E-state index in [0.29, 0.717) is 38.4 Å². The van der Waals surface area contributed by atoms with E-state index in [0.717, 1.165) is 11.1 Å². The topological polar surface area (TPSA) is 73.2 Å². The Bertz CT molecular complexity index is 1330. The normalized spacial score (nSPS) is 11.0. The summed E-state index contributed by atoms with van der Waals surface area (Å²) in [4.78, 5) is 30.4.